The average Bonchev–Trinajstić information content (AvgIpc) is 3.42. The second-order valence-corrected chi connectivity index (χ2v) is 7.82. The van der Waals surface area contributed by atoms with E-state index in [-0.39, 0.29) is 24.5 Å². The van der Waals surface area contributed by atoms with Crippen molar-refractivity contribution in [1.29, 1.82) is 0 Å². The summed E-state index contributed by atoms with van der Waals surface area (Å²) < 4.78 is 27.4. The Kier molecular flexibility index (Phi) is 6.97. The van der Waals surface area contributed by atoms with Gasteiger partial charge in [0, 0.05) is 19.0 Å². The van der Waals surface area contributed by atoms with Gasteiger partial charge in [-0.2, -0.15) is 0 Å². The number of hydrogen-bond donors (Lipinski definition) is 1. The van der Waals surface area contributed by atoms with Gasteiger partial charge in [-0.15, -0.1) is 0 Å². The van der Waals surface area contributed by atoms with E-state index in [1.165, 1.54) is 26.2 Å². The van der Waals surface area contributed by atoms with Crippen LogP contribution in [0.3, 0.4) is 0 Å². The maximum atomic E-state index is 13.7. The topological polar surface area (TPSA) is 108 Å². The summed E-state index contributed by atoms with van der Waals surface area (Å²) in [4.78, 5) is 28.1. The zero-order chi connectivity index (χ0) is 25.1. The first-order valence-corrected chi connectivity index (χ1v) is 11.1. The van der Waals surface area contributed by atoms with Crippen LogP contribution in [-0.4, -0.2) is 62.8 Å². The molecule has 1 atom stereocenters. The van der Waals surface area contributed by atoms with E-state index in [0.717, 1.165) is 0 Å². The summed E-state index contributed by atoms with van der Waals surface area (Å²) in [5, 5.41) is 11.5. The maximum absolute atomic E-state index is 13.7. The molecular formula is C26H27NO8. The van der Waals surface area contributed by atoms with Gasteiger partial charge in [0.2, 0.25) is 5.78 Å². The average molecular weight is 482 g/mol. The summed E-state index contributed by atoms with van der Waals surface area (Å²) in [6, 6.07) is 11.1. The minimum Gasteiger partial charge on any atom is -0.503 e. The van der Waals surface area contributed by atoms with E-state index in [2.05, 4.69) is 0 Å². The number of para-hydroxylation sites is 1. The number of nitrogens with zero attached hydrogens (tertiary/aromatic N) is 1. The lowest BCUT2D eigenvalue weighted by Gasteiger charge is -2.27. The highest BCUT2D eigenvalue weighted by Gasteiger charge is 2.44. The summed E-state index contributed by atoms with van der Waals surface area (Å²) in [5.41, 5.74) is 0.884. The molecule has 2 aromatic carbocycles. The largest absolute Gasteiger partial charge is 0.503 e. The monoisotopic (exact) mass is 481 g/mol. The summed E-state index contributed by atoms with van der Waals surface area (Å²) in [5.74, 6) is -0.483. The van der Waals surface area contributed by atoms with Crippen molar-refractivity contribution >= 4 is 22.7 Å². The number of fused-ring (bicyclic) bond motifs is 1. The number of amides is 1. The Labute approximate surface area is 202 Å². The first-order valence-electron chi connectivity index (χ1n) is 11.1. The molecule has 1 unspecified atom stereocenters. The van der Waals surface area contributed by atoms with E-state index in [9.17, 15) is 14.7 Å². The van der Waals surface area contributed by atoms with Gasteiger partial charge in [-0.1, -0.05) is 18.2 Å². The molecule has 1 N–H and O–H groups in total. The van der Waals surface area contributed by atoms with Crippen molar-refractivity contribution in [2.45, 2.75) is 13.0 Å². The van der Waals surface area contributed by atoms with Gasteiger partial charge < -0.3 is 33.4 Å². The number of aliphatic hydroxyl groups is 1. The van der Waals surface area contributed by atoms with Gasteiger partial charge in [0.15, 0.2) is 34.4 Å². The van der Waals surface area contributed by atoms with Crippen molar-refractivity contribution in [3.63, 3.8) is 0 Å². The lowest BCUT2D eigenvalue weighted by Crippen LogP contribution is -2.34. The summed E-state index contributed by atoms with van der Waals surface area (Å²) in [6.45, 7) is 2.61. The molecule has 3 aromatic rings. The van der Waals surface area contributed by atoms with Crippen LogP contribution in [0.2, 0.25) is 0 Å². The van der Waals surface area contributed by atoms with Gasteiger partial charge >= 0.3 is 0 Å². The summed E-state index contributed by atoms with van der Waals surface area (Å²) >= 11 is 0. The Morgan fingerprint density at radius 2 is 1.83 bits per heavy atom. The molecule has 0 radical (unpaired) electrons. The normalized spacial score (nSPS) is 15.7. The Hall–Kier alpha value is -3.98. The third-order valence-corrected chi connectivity index (χ3v) is 5.84. The van der Waals surface area contributed by atoms with Crippen LogP contribution in [0.1, 0.15) is 29.1 Å². The number of Topliss-reactive ketones (excluding diaryl/α,β-unsaturated/α-hetero) is 1. The highest BCUT2D eigenvalue weighted by Crippen LogP contribution is 2.42. The number of hydrogen-bond acceptors (Lipinski definition) is 8. The number of methoxy groups -OCH3 is 3. The van der Waals surface area contributed by atoms with Gasteiger partial charge in [0.05, 0.1) is 39.0 Å². The fourth-order valence-electron chi connectivity index (χ4n) is 4.23. The van der Waals surface area contributed by atoms with Crippen molar-refractivity contribution in [3.05, 3.63) is 65.1 Å². The zero-order valence-electron chi connectivity index (χ0n) is 20.0. The summed E-state index contributed by atoms with van der Waals surface area (Å²) in [7, 11) is 4.54. The van der Waals surface area contributed by atoms with Crippen LogP contribution in [0, 0.1) is 0 Å². The van der Waals surface area contributed by atoms with Crippen molar-refractivity contribution < 1.29 is 38.1 Å². The van der Waals surface area contributed by atoms with E-state index in [4.69, 9.17) is 23.4 Å². The lowest BCUT2D eigenvalue weighted by molar-refractivity contribution is -0.130. The molecule has 0 saturated carbocycles. The molecule has 184 valence electrons. The Morgan fingerprint density at radius 1 is 1.06 bits per heavy atom. The summed E-state index contributed by atoms with van der Waals surface area (Å²) in [6.07, 6.45) is 0. The molecule has 0 fully saturated rings. The molecular weight excluding hydrogens is 454 g/mol. The molecule has 0 bridgehead atoms. The van der Waals surface area contributed by atoms with E-state index in [0.29, 0.717) is 40.4 Å². The number of benzene rings is 2. The number of ketones is 1. The van der Waals surface area contributed by atoms with Crippen LogP contribution in [-0.2, 0) is 9.53 Å². The molecule has 1 aliphatic heterocycles. The molecule has 0 aliphatic carbocycles. The smallest absolute Gasteiger partial charge is 0.290 e. The first-order chi connectivity index (χ1) is 16.9. The molecule has 9 heteroatoms. The lowest BCUT2D eigenvalue weighted by atomic mass is 9.94. The molecule has 35 heavy (non-hydrogen) atoms. The molecule has 0 saturated heterocycles. The van der Waals surface area contributed by atoms with Crippen LogP contribution in [0.4, 0.5) is 0 Å². The number of aliphatic hydroxyl groups excluding tert-OH is 1. The molecule has 1 aliphatic rings. The SMILES string of the molecule is CCOc1cc(C2C(C(=O)c3cc4cccc(OC)c4o3)=C(O)C(=O)N2CCOC)ccc1OC. The van der Waals surface area contributed by atoms with Crippen LogP contribution in [0.25, 0.3) is 11.0 Å². The molecule has 0 spiro atoms. The van der Waals surface area contributed by atoms with Crippen LogP contribution < -0.4 is 14.2 Å². The standard InChI is InChI=1S/C26H27NO8/c1-5-34-19-13-15(9-10-17(19)32-3)22-21(24(29)26(30)27(22)11-12-31-2)23(28)20-14-16-7-6-8-18(33-4)25(16)35-20/h6-10,13-14,22,29H,5,11-12H2,1-4H3. The van der Waals surface area contributed by atoms with Crippen LogP contribution in [0.5, 0.6) is 17.2 Å². The fraction of sp³-hybridized carbons (Fsp3) is 0.308. The van der Waals surface area contributed by atoms with E-state index in [1.807, 2.05) is 6.92 Å². The quantitative estimate of drug-likeness (QED) is 0.432. The van der Waals surface area contributed by atoms with Crippen molar-refractivity contribution in [2.24, 2.45) is 0 Å². The van der Waals surface area contributed by atoms with Crippen molar-refractivity contribution in [1.82, 2.24) is 4.90 Å². The Balaban J connectivity index is 1.83. The Morgan fingerprint density at radius 3 is 2.51 bits per heavy atom. The molecule has 4 rings (SSSR count). The first kappa shape index (κ1) is 24.2. The van der Waals surface area contributed by atoms with Gasteiger partial charge in [0.1, 0.15) is 0 Å². The maximum Gasteiger partial charge on any atom is 0.290 e. The minimum atomic E-state index is -0.884. The highest BCUT2D eigenvalue weighted by molar-refractivity contribution is 6.16. The number of carbonyl (C=O) groups excluding carboxylic acids is 2. The van der Waals surface area contributed by atoms with Crippen LogP contribution >= 0.6 is 0 Å². The predicted octanol–water partition coefficient (Wildman–Crippen LogP) is 4.07. The predicted molar refractivity (Wildman–Crippen MR) is 127 cm³/mol. The second-order valence-electron chi connectivity index (χ2n) is 7.82. The van der Waals surface area contributed by atoms with Gasteiger partial charge in [-0.25, -0.2) is 0 Å². The number of carbonyl (C=O) groups is 2. The molecule has 1 aromatic heterocycles. The van der Waals surface area contributed by atoms with Crippen molar-refractivity contribution in [3.8, 4) is 17.2 Å². The molecule has 2 heterocycles. The third kappa shape index (κ3) is 4.30. The van der Waals surface area contributed by atoms with Gasteiger partial charge in [-0.3, -0.25) is 9.59 Å². The number of rotatable bonds is 10. The second kappa shape index (κ2) is 10.1. The molecule has 9 nitrogen and oxygen atoms in total. The minimum absolute atomic E-state index is 0.0176. The Bertz CT molecular complexity index is 1290. The van der Waals surface area contributed by atoms with Gasteiger partial charge in [0.25, 0.3) is 5.91 Å². The van der Waals surface area contributed by atoms with E-state index >= 15 is 0 Å². The molecule has 1 amide bonds. The van der Waals surface area contributed by atoms with Crippen LogP contribution in [0.15, 0.2) is 58.2 Å². The zero-order valence-corrected chi connectivity index (χ0v) is 20.0. The number of furan rings is 1. The van der Waals surface area contributed by atoms with E-state index in [1.54, 1.807) is 42.5 Å². The van der Waals surface area contributed by atoms with Gasteiger partial charge in [-0.05, 0) is 36.8 Å². The van der Waals surface area contributed by atoms with E-state index < -0.39 is 23.5 Å². The fourth-order valence-corrected chi connectivity index (χ4v) is 4.23. The van der Waals surface area contributed by atoms with Crippen molar-refractivity contribution in [2.75, 3.05) is 41.1 Å². The number of ether oxygens (including phenoxy) is 4. The third-order valence-electron chi connectivity index (χ3n) is 5.84. The highest BCUT2D eigenvalue weighted by atomic mass is 16.5.